The molecule has 0 fully saturated rings. The van der Waals surface area contributed by atoms with Crippen LogP contribution in [0.5, 0.6) is 0 Å². The molecular formula is C7H3F9. The molecule has 94 valence electrons. The maximum Gasteiger partial charge on any atom is 0.413 e. The van der Waals surface area contributed by atoms with E-state index in [0.717, 1.165) is 5.92 Å². The van der Waals surface area contributed by atoms with Crippen molar-refractivity contribution in [2.24, 2.45) is 5.41 Å². The Bertz CT molecular complexity index is 247. The van der Waals surface area contributed by atoms with E-state index >= 15 is 0 Å². The molecule has 0 amide bonds. The van der Waals surface area contributed by atoms with Crippen molar-refractivity contribution in [1.29, 1.82) is 0 Å². The first-order valence-corrected chi connectivity index (χ1v) is 3.45. The molecule has 0 bridgehead atoms. The molecule has 16 heavy (non-hydrogen) atoms. The third kappa shape index (κ3) is 2.05. The summed E-state index contributed by atoms with van der Waals surface area (Å²) in [7, 11) is 0. The smallest absolute Gasteiger partial charge is 0.170 e. The van der Waals surface area contributed by atoms with Gasteiger partial charge in [0, 0.05) is 6.42 Å². The topological polar surface area (TPSA) is 0 Å². The third-order valence-electron chi connectivity index (χ3n) is 1.82. The van der Waals surface area contributed by atoms with Crippen molar-refractivity contribution in [3.8, 4) is 12.3 Å². The number of halogens is 9. The van der Waals surface area contributed by atoms with Crippen molar-refractivity contribution >= 4 is 0 Å². The normalized spacial score (nSPS) is 14.8. The predicted octanol–water partition coefficient (Wildman–Crippen LogP) is 3.68. The van der Waals surface area contributed by atoms with Gasteiger partial charge < -0.3 is 0 Å². The van der Waals surface area contributed by atoms with E-state index in [1.165, 1.54) is 0 Å². The van der Waals surface area contributed by atoms with Crippen molar-refractivity contribution in [3.05, 3.63) is 0 Å². The summed E-state index contributed by atoms with van der Waals surface area (Å²) in [6.45, 7) is 0. The lowest BCUT2D eigenvalue weighted by molar-refractivity contribution is -0.425. The molecule has 0 aromatic rings. The summed E-state index contributed by atoms with van der Waals surface area (Å²) in [5.74, 6) is 0.768. The Balaban J connectivity index is 5.95. The van der Waals surface area contributed by atoms with Crippen LogP contribution in [-0.4, -0.2) is 18.5 Å². The monoisotopic (exact) mass is 258 g/mol. The van der Waals surface area contributed by atoms with E-state index in [-0.39, 0.29) is 0 Å². The average Bonchev–Trinajstić information content (AvgIpc) is 1.91. The molecular weight excluding hydrogens is 255 g/mol. The Morgan fingerprint density at radius 3 is 1.00 bits per heavy atom. The number of terminal acetylenes is 1. The van der Waals surface area contributed by atoms with E-state index in [0.29, 0.717) is 0 Å². The molecule has 0 saturated heterocycles. The Kier molecular flexibility index (Phi) is 3.50. The second kappa shape index (κ2) is 3.75. The molecule has 9 heteroatoms. The van der Waals surface area contributed by atoms with Crippen molar-refractivity contribution in [2.75, 3.05) is 0 Å². The van der Waals surface area contributed by atoms with E-state index < -0.39 is 30.4 Å². The van der Waals surface area contributed by atoms with Crippen molar-refractivity contribution < 1.29 is 39.5 Å². The van der Waals surface area contributed by atoms with Gasteiger partial charge in [0.15, 0.2) is 0 Å². The minimum absolute atomic E-state index is 0.768. The summed E-state index contributed by atoms with van der Waals surface area (Å²) < 4.78 is 108. The molecule has 0 saturated carbocycles. The summed E-state index contributed by atoms with van der Waals surface area (Å²) in [5, 5.41) is 0. The number of rotatable bonds is 1. The van der Waals surface area contributed by atoms with E-state index in [2.05, 4.69) is 6.42 Å². The summed E-state index contributed by atoms with van der Waals surface area (Å²) in [4.78, 5) is 0. The number of hydrogen-bond acceptors (Lipinski definition) is 0. The van der Waals surface area contributed by atoms with Gasteiger partial charge in [-0.05, 0) is 0 Å². The second-order valence-corrected chi connectivity index (χ2v) is 2.78. The molecule has 0 aromatic carbocycles. The highest BCUT2D eigenvalue weighted by molar-refractivity contribution is 5.06. The van der Waals surface area contributed by atoms with Crippen LogP contribution >= 0.6 is 0 Å². The Morgan fingerprint density at radius 2 is 0.938 bits per heavy atom. The Labute approximate surface area is 83.4 Å². The SMILES string of the molecule is C#CCC(C(F)(F)F)(C(F)(F)F)C(F)(F)F. The molecule has 0 unspecified atom stereocenters. The van der Waals surface area contributed by atoms with E-state index in [1.807, 2.05) is 0 Å². The van der Waals surface area contributed by atoms with Gasteiger partial charge in [0.1, 0.15) is 0 Å². The molecule has 0 nitrogen and oxygen atoms in total. The summed E-state index contributed by atoms with van der Waals surface area (Å²) >= 11 is 0. The van der Waals surface area contributed by atoms with Crippen LogP contribution in [-0.2, 0) is 0 Å². The lowest BCUT2D eigenvalue weighted by Gasteiger charge is -2.37. The van der Waals surface area contributed by atoms with Gasteiger partial charge in [0.25, 0.3) is 5.41 Å². The van der Waals surface area contributed by atoms with Crippen LogP contribution in [0.15, 0.2) is 0 Å². The van der Waals surface area contributed by atoms with Crippen LogP contribution in [0.2, 0.25) is 0 Å². The highest BCUT2D eigenvalue weighted by atomic mass is 19.4. The first kappa shape index (κ1) is 14.9. The fourth-order valence-corrected chi connectivity index (χ4v) is 0.936. The molecule has 0 aliphatic rings. The largest absolute Gasteiger partial charge is 0.413 e. The zero-order valence-corrected chi connectivity index (χ0v) is 7.19. The molecule has 0 heterocycles. The molecule has 0 atom stereocenters. The van der Waals surface area contributed by atoms with Gasteiger partial charge in [0.05, 0.1) is 0 Å². The van der Waals surface area contributed by atoms with Crippen LogP contribution in [0.25, 0.3) is 0 Å². The van der Waals surface area contributed by atoms with Crippen LogP contribution < -0.4 is 0 Å². The first-order valence-electron chi connectivity index (χ1n) is 3.45. The minimum atomic E-state index is -6.56. The molecule has 0 N–H and O–H groups in total. The zero-order chi connectivity index (χ0) is 13.4. The van der Waals surface area contributed by atoms with Crippen LogP contribution in [0.3, 0.4) is 0 Å². The molecule has 0 spiro atoms. The van der Waals surface area contributed by atoms with Gasteiger partial charge in [-0.1, -0.05) is 0 Å². The predicted molar refractivity (Wildman–Crippen MR) is 34.0 cm³/mol. The van der Waals surface area contributed by atoms with E-state index in [4.69, 9.17) is 0 Å². The lowest BCUT2D eigenvalue weighted by atomic mass is 9.82. The highest BCUT2D eigenvalue weighted by Gasteiger charge is 2.83. The standard InChI is InChI=1S/C7H3F9/c1-2-3-4(5(8,9)10,6(11,12)13)7(14,15)16/h1H,3H2. The summed E-state index contributed by atoms with van der Waals surface area (Å²) in [5.41, 5.74) is -5.87. The van der Waals surface area contributed by atoms with Crippen molar-refractivity contribution in [1.82, 2.24) is 0 Å². The molecule has 0 aliphatic carbocycles. The van der Waals surface area contributed by atoms with Crippen molar-refractivity contribution in [3.63, 3.8) is 0 Å². The number of alkyl halides is 9. The van der Waals surface area contributed by atoms with Gasteiger partial charge in [-0.15, -0.1) is 12.3 Å². The van der Waals surface area contributed by atoms with E-state index in [9.17, 15) is 39.5 Å². The fraction of sp³-hybridized carbons (Fsp3) is 0.714. The molecule has 0 aromatic heterocycles. The van der Waals surface area contributed by atoms with Crippen LogP contribution in [0, 0.1) is 17.8 Å². The van der Waals surface area contributed by atoms with E-state index in [1.54, 1.807) is 0 Å². The fourth-order valence-electron chi connectivity index (χ4n) is 0.936. The highest BCUT2D eigenvalue weighted by Crippen LogP contribution is 2.61. The summed E-state index contributed by atoms with van der Waals surface area (Å²) in [6.07, 6.45) is -18.1. The maximum atomic E-state index is 12.0. The Hall–Kier alpha value is -1.07. The first-order chi connectivity index (χ1) is 6.81. The van der Waals surface area contributed by atoms with Gasteiger partial charge in [-0.2, -0.15) is 39.5 Å². The second-order valence-electron chi connectivity index (χ2n) is 2.78. The zero-order valence-electron chi connectivity index (χ0n) is 7.19. The Morgan fingerprint density at radius 1 is 0.688 bits per heavy atom. The van der Waals surface area contributed by atoms with Crippen LogP contribution in [0.1, 0.15) is 6.42 Å². The van der Waals surface area contributed by atoms with Crippen molar-refractivity contribution in [2.45, 2.75) is 24.9 Å². The minimum Gasteiger partial charge on any atom is -0.170 e. The van der Waals surface area contributed by atoms with Gasteiger partial charge >= 0.3 is 18.5 Å². The van der Waals surface area contributed by atoms with Gasteiger partial charge in [-0.25, -0.2) is 0 Å². The third-order valence-corrected chi connectivity index (χ3v) is 1.82. The van der Waals surface area contributed by atoms with Gasteiger partial charge in [-0.3, -0.25) is 0 Å². The average molecular weight is 258 g/mol. The quantitative estimate of drug-likeness (QED) is 0.497. The maximum absolute atomic E-state index is 12.0. The lowest BCUT2D eigenvalue weighted by Crippen LogP contribution is -2.59. The summed E-state index contributed by atoms with van der Waals surface area (Å²) in [6, 6.07) is 0. The molecule has 0 radical (unpaired) electrons. The molecule has 0 aliphatic heterocycles. The molecule has 0 rings (SSSR count). The van der Waals surface area contributed by atoms with Gasteiger partial charge in [0.2, 0.25) is 0 Å². The van der Waals surface area contributed by atoms with Crippen LogP contribution in [0.4, 0.5) is 39.5 Å². The number of hydrogen-bond donors (Lipinski definition) is 0.